The molecule has 0 saturated carbocycles. The molecule has 35 heavy (non-hydrogen) atoms. The van der Waals surface area contributed by atoms with E-state index in [1.54, 1.807) is 23.7 Å². The van der Waals surface area contributed by atoms with Crippen molar-refractivity contribution in [3.05, 3.63) is 76.9 Å². The molecular weight excluding hydrogens is 458 g/mol. The van der Waals surface area contributed by atoms with Crippen LogP contribution >= 0.6 is 11.3 Å². The first-order valence-corrected chi connectivity index (χ1v) is 12.6. The molecule has 1 aliphatic heterocycles. The van der Waals surface area contributed by atoms with Crippen LogP contribution in [0.4, 0.5) is 11.6 Å². The van der Waals surface area contributed by atoms with Gasteiger partial charge in [-0.15, -0.1) is 11.3 Å². The van der Waals surface area contributed by atoms with Gasteiger partial charge in [0, 0.05) is 47.8 Å². The molecule has 8 heteroatoms. The van der Waals surface area contributed by atoms with Crippen molar-refractivity contribution in [3.63, 3.8) is 0 Å². The van der Waals surface area contributed by atoms with E-state index in [2.05, 4.69) is 32.6 Å². The fraction of sp³-hybridized carbons (Fsp3) is 0.259. The number of anilines is 2. The van der Waals surface area contributed by atoms with E-state index in [1.165, 1.54) is 0 Å². The van der Waals surface area contributed by atoms with Crippen molar-refractivity contribution >= 4 is 28.9 Å². The molecule has 1 amide bonds. The number of ether oxygens (including phenoxy) is 1. The second-order valence-electron chi connectivity index (χ2n) is 8.62. The number of aryl methyl sites for hydroxylation is 1. The van der Waals surface area contributed by atoms with Crippen molar-refractivity contribution in [3.8, 4) is 22.4 Å². The number of nitrogens with one attached hydrogen (secondary N) is 1. The monoisotopic (exact) mass is 485 g/mol. The van der Waals surface area contributed by atoms with Crippen LogP contribution in [0, 0.1) is 0 Å². The Hall–Kier alpha value is -3.62. The van der Waals surface area contributed by atoms with Crippen molar-refractivity contribution in [1.82, 2.24) is 15.0 Å². The number of carbonyl (C=O) groups excluding carboxylic acids is 1. The summed E-state index contributed by atoms with van der Waals surface area (Å²) in [6.07, 6.45) is 5.56. The largest absolute Gasteiger partial charge is 0.381 e. The van der Waals surface area contributed by atoms with E-state index in [1.807, 2.05) is 48.5 Å². The predicted molar refractivity (Wildman–Crippen MR) is 139 cm³/mol. The van der Waals surface area contributed by atoms with Gasteiger partial charge in [0.15, 0.2) is 0 Å². The Labute approximate surface area is 208 Å². The van der Waals surface area contributed by atoms with E-state index < -0.39 is 5.41 Å². The number of carbonyl (C=O) groups is 1. The molecular formula is C27H27N5O2S. The number of nitrogens with two attached hydrogens (primary N) is 1. The van der Waals surface area contributed by atoms with Gasteiger partial charge in [0.05, 0.1) is 16.1 Å². The highest BCUT2D eigenvalue weighted by Crippen LogP contribution is 2.37. The number of hydrogen-bond acceptors (Lipinski definition) is 7. The number of rotatable bonds is 6. The quantitative estimate of drug-likeness (QED) is 0.394. The van der Waals surface area contributed by atoms with Crippen molar-refractivity contribution in [2.75, 3.05) is 24.3 Å². The molecule has 178 valence electrons. The van der Waals surface area contributed by atoms with Gasteiger partial charge in [-0.05, 0) is 42.5 Å². The zero-order chi connectivity index (χ0) is 24.3. The minimum absolute atomic E-state index is 0.0194. The standard InChI is InChI=1S/C27H27N5O2S/c1-2-24-32-23(17-35-24)19-4-3-5-22(14-19)31-25(33)27(10-12-34-13-11-27)21-8-6-18(7-9-21)20-15-29-26(28)30-16-20/h3-9,14-17H,2,10-13H2,1H3,(H,31,33)(H2,28,29,30). The summed E-state index contributed by atoms with van der Waals surface area (Å²) in [4.78, 5) is 26.6. The number of thiazole rings is 1. The van der Waals surface area contributed by atoms with Crippen LogP contribution in [-0.4, -0.2) is 34.1 Å². The molecule has 3 N–H and O–H groups in total. The van der Waals surface area contributed by atoms with Gasteiger partial charge in [-0.2, -0.15) is 0 Å². The number of nitrogen functional groups attached to an aromatic ring is 1. The number of nitrogens with zero attached hydrogens (tertiary/aromatic N) is 3. The van der Waals surface area contributed by atoms with Crippen molar-refractivity contribution < 1.29 is 9.53 Å². The topological polar surface area (TPSA) is 103 Å². The van der Waals surface area contributed by atoms with Crippen molar-refractivity contribution in [2.24, 2.45) is 0 Å². The number of aromatic nitrogens is 3. The van der Waals surface area contributed by atoms with Crippen LogP contribution in [0.25, 0.3) is 22.4 Å². The lowest BCUT2D eigenvalue weighted by molar-refractivity contribution is -0.125. The molecule has 1 fully saturated rings. The average molecular weight is 486 g/mol. The summed E-state index contributed by atoms with van der Waals surface area (Å²) in [5, 5.41) is 6.35. The van der Waals surface area contributed by atoms with Crippen LogP contribution in [0.15, 0.2) is 66.3 Å². The first kappa shape index (κ1) is 23.1. The SMILES string of the molecule is CCc1nc(-c2cccc(NC(=O)C3(c4ccc(-c5cnc(N)nc5)cc4)CCOCC3)c2)cs1. The zero-order valence-electron chi connectivity index (χ0n) is 19.5. The molecule has 0 spiro atoms. The van der Waals surface area contributed by atoms with Crippen LogP contribution < -0.4 is 11.1 Å². The molecule has 0 bridgehead atoms. The van der Waals surface area contributed by atoms with Crippen LogP contribution in [0.5, 0.6) is 0 Å². The van der Waals surface area contributed by atoms with Gasteiger partial charge in [0.25, 0.3) is 0 Å². The Bertz CT molecular complexity index is 1310. The van der Waals surface area contributed by atoms with E-state index in [-0.39, 0.29) is 11.9 Å². The Morgan fingerprint density at radius 3 is 2.49 bits per heavy atom. The smallest absolute Gasteiger partial charge is 0.235 e. The van der Waals surface area contributed by atoms with Gasteiger partial charge in [-0.25, -0.2) is 15.0 Å². The van der Waals surface area contributed by atoms with Crippen LogP contribution in [-0.2, 0) is 21.4 Å². The first-order chi connectivity index (χ1) is 17.1. The maximum absolute atomic E-state index is 13.8. The lowest BCUT2D eigenvalue weighted by Gasteiger charge is -2.36. The second-order valence-corrected chi connectivity index (χ2v) is 9.56. The molecule has 0 aliphatic carbocycles. The Morgan fingerprint density at radius 2 is 1.80 bits per heavy atom. The molecule has 2 aromatic heterocycles. The third-order valence-corrected chi connectivity index (χ3v) is 7.49. The summed E-state index contributed by atoms with van der Waals surface area (Å²) in [5.41, 5.74) is 10.5. The van der Waals surface area contributed by atoms with Gasteiger partial charge in [-0.1, -0.05) is 43.3 Å². The van der Waals surface area contributed by atoms with Crippen LogP contribution in [0.3, 0.4) is 0 Å². The molecule has 0 radical (unpaired) electrons. The van der Waals surface area contributed by atoms with Crippen molar-refractivity contribution in [2.45, 2.75) is 31.6 Å². The lowest BCUT2D eigenvalue weighted by Crippen LogP contribution is -2.44. The Kier molecular flexibility index (Phi) is 6.57. The summed E-state index contributed by atoms with van der Waals surface area (Å²) < 4.78 is 5.63. The van der Waals surface area contributed by atoms with Gasteiger partial charge in [-0.3, -0.25) is 4.79 Å². The predicted octanol–water partition coefficient (Wildman–Crippen LogP) is 5.10. The van der Waals surface area contributed by atoms with Gasteiger partial charge < -0.3 is 15.8 Å². The second kappa shape index (κ2) is 9.93. The average Bonchev–Trinajstić information content (AvgIpc) is 3.39. The number of benzene rings is 2. The maximum Gasteiger partial charge on any atom is 0.235 e. The van der Waals surface area contributed by atoms with E-state index in [0.29, 0.717) is 26.1 Å². The van der Waals surface area contributed by atoms with E-state index in [9.17, 15) is 4.79 Å². The van der Waals surface area contributed by atoms with E-state index >= 15 is 0 Å². The molecule has 7 nitrogen and oxygen atoms in total. The summed E-state index contributed by atoms with van der Waals surface area (Å²) in [6, 6.07) is 15.9. The highest BCUT2D eigenvalue weighted by molar-refractivity contribution is 7.09. The third-order valence-electron chi connectivity index (χ3n) is 6.49. The molecule has 1 aliphatic rings. The highest BCUT2D eigenvalue weighted by atomic mass is 32.1. The van der Waals surface area contributed by atoms with Gasteiger partial charge in [0.2, 0.25) is 11.9 Å². The van der Waals surface area contributed by atoms with Crippen LogP contribution in [0.1, 0.15) is 30.3 Å². The minimum atomic E-state index is -0.666. The van der Waals surface area contributed by atoms with Gasteiger partial charge >= 0.3 is 0 Å². The minimum Gasteiger partial charge on any atom is -0.381 e. The Balaban J connectivity index is 1.41. The normalized spacial score (nSPS) is 15.0. The first-order valence-electron chi connectivity index (χ1n) is 11.7. The zero-order valence-corrected chi connectivity index (χ0v) is 20.3. The summed E-state index contributed by atoms with van der Waals surface area (Å²) in [7, 11) is 0. The maximum atomic E-state index is 13.8. The van der Waals surface area contributed by atoms with E-state index in [4.69, 9.17) is 10.5 Å². The summed E-state index contributed by atoms with van der Waals surface area (Å²) >= 11 is 1.66. The lowest BCUT2D eigenvalue weighted by atomic mass is 9.73. The molecule has 0 atom stereocenters. The third kappa shape index (κ3) is 4.80. The fourth-order valence-electron chi connectivity index (χ4n) is 4.45. The fourth-order valence-corrected chi connectivity index (χ4v) is 5.20. The molecule has 0 unspecified atom stereocenters. The number of hydrogen-bond donors (Lipinski definition) is 2. The molecule has 3 heterocycles. The highest BCUT2D eigenvalue weighted by Gasteiger charge is 2.41. The molecule has 2 aromatic carbocycles. The molecule has 1 saturated heterocycles. The van der Waals surface area contributed by atoms with Gasteiger partial charge in [0.1, 0.15) is 0 Å². The summed E-state index contributed by atoms with van der Waals surface area (Å²) in [5.74, 6) is 0.224. The van der Waals surface area contributed by atoms with Crippen LogP contribution in [0.2, 0.25) is 0 Å². The van der Waals surface area contributed by atoms with Crippen molar-refractivity contribution in [1.29, 1.82) is 0 Å². The number of amides is 1. The molecule has 4 aromatic rings. The Morgan fingerprint density at radius 1 is 1.06 bits per heavy atom. The molecule has 5 rings (SSSR count). The summed E-state index contributed by atoms with van der Waals surface area (Å²) in [6.45, 7) is 3.18. The van der Waals surface area contributed by atoms with E-state index in [0.717, 1.165) is 45.1 Å².